The number of hydrogen-bond donors (Lipinski definition) is 1. The monoisotopic (exact) mass is 316 g/mol. The van der Waals surface area contributed by atoms with Gasteiger partial charge in [0, 0.05) is 17.5 Å². The first-order chi connectivity index (χ1) is 11.7. The third kappa shape index (κ3) is 3.21. The summed E-state index contributed by atoms with van der Waals surface area (Å²) in [6.07, 6.45) is 1.79. The summed E-state index contributed by atoms with van der Waals surface area (Å²) in [7, 11) is 0. The van der Waals surface area contributed by atoms with Gasteiger partial charge in [-0.25, -0.2) is 9.64 Å². The number of nitrogens with zero attached hydrogens (tertiary/aromatic N) is 1. The van der Waals surface area contributed by atoms with Gasteiger partial charge in [-0.1, -0.05) is 54.6 Å². The Morgan fingerprint density at radius 1 is 1.12 bits per heavy atom. The minimum atomic E-state index is -0.359. The van der Waals surface area contributed by atoms with Crippen LogP contribution in [-0.2, 0) is 11.3 Å². The quantitative estimate of drug-likeness (QED) is 0.550. The van der Waals surface area contributed by atoms with Crippen LogP contribution in [0.4, 0.5) is 5.69 Å². The number of carbonyl (C=O) groups excluding carboxylic acids is 1. The second-order valence-electron chi connectivity index (χ2n) is 5.42. The van der Waals surface area contributed by atoms with Crippen molar-refractivity contribution in [1.29, 1.82) is 0 Å². The third-order valence-corrected chi connectivity index (χ3v) is 3.80. The molecule has 1 aromatic heterocycles. The molecule has 2 aromatic carbocycles. The summed E-state index contributed by atoms with van der Waals surface area (Å²) in [5.74, 6) is -0.359. The number of carbonyl (C=O) groups is 1. The molecular weight excluding hydrogens is 300 g/mol. The molecule has 0 spiro atoms. The maximum absolute atomic E-state index is 12.5. The van der Waals surface area contributed by atoms with Crippen LogP contribution < -0.4 is 0 Å². The molecule has 0 atom stereocenters. The highest BCUT2D eigenvalue weighted by atomic mass is 16.5. The number of aromatic nitrogens is 1. The van der Waals surface area contributed by atoms with E-state index in [0.717, 1.165) is 22.4 Å². The SMILES string of the molecule is [C-]#[N+]c1ccc(-c2c[nH]c(C)c2C(=O)OCc2ccccc2)cc1. The van der Waals surface area contributed by atoms with E-state index in [-0.39, 0.29) is 12.6 Å². The maximum Gasteiger partial charge on any atom is 0.340 e. The summed E-state index contributed by atoms with van der Waals surface area (Å²) in [5.41, 5.74) is 4.46. The van der Waals surface area contributed by atoms with Crippen molar-refractivity contribution in [1.82, 2.24) is 4.98 Å². The van der Waals surface area contributed by atoms with E-state index in [2.05, 4.69) is 9.83 Å². The summed E-state index contributed by atoms with van der Waals surface area (Å²) in [6.45, 7) is 9.09. The molecule has 0 aliphatic rings. The molecule has 0 fully saturated rings. The highest BCUT2D eigenvalue weighted by Crippen LogP contribution is 2.28. The normalized spacial score (nSPS) is 10.2. The fourth-order valence-electron chi connectivity index (χ4n) is 2.53. The molecule has 0 radical (unpaired) electrons. The Kier molecular flexibility index (Phi) is 4.44. The second-order valence-corrected chi connectivity index (χ2v) is 5.42. The Balaban J connectivity index is 1.84. The molecule has 118 valence electrons. The molecule has 4 heteroatoms. The summed E-state index contributed by atoms with van der Waals surface area (Å²) < 4.78 is 5.45. The second kappa shape index (κ2) is 6.84. The Morgan fingerprint density at radius 3 is 2.50 bits per heavy atom. The van der Waals surface area contributed by atoms with Gasteiger partial charge in [-0.2, -0.15) is 0 Å². The number of rotatable bonds is 4. The Labute approximate surface area is 140 Å². The Morgan fingerprint density at radius 2 is 1.83 bits per heavy atom. The molecule has 0 saturated heterocycles. The minimum Gasteiger partial charge on any atom is -0.457 e. The number of hydrogen-bond acceptors (Lipinski definition) is 2. The van der Waals surface area contributed by atoms with Crippen molar-refractivity contribution in [2.24, 2.45) is 0 Å². The van der Waals surface area contributed by atoms with Crippen molar-refractivity contribution in [2.75, 3.05) is 0 Å². The van der Waals surface area contributed by atoms with E-state index in [4.69, 9.17) is 11.3 Å². The molecule has 0 aliphatic carbocycles. The topological polar surface area (TPSA) is 46.5 Å². The lowest BCUT2D eigenvalue weighted by Gasteiger charge is -2.07. The van der Waals surface area contributed by atoms with Gasteiger partial charge in [0.15, 0.2) is 5.69 Å². The number of H-pyrrole nitrogens is 1. The van der Waals surface area contributed by atoms with E-state index in [1.165, 1.54) is 0 Å². The van der Waals surface area contributed by atoms with E-state index in [1.54, 1.807) is 18.3 Å². The summed E-state index contributed by atoms with van der Waals surface area (Å²) >= 11 is 0. The Hall–Kier alpha value is -3.32. The highest BCUT2D eigenvalue weighted by molar-refractivity contribution is 5.98. The van der Waals surface area contributed by atoms with Gasteiger partial charge in [0.05, 0.1) is 12.1 Å². The summed E-state index contributed by atoms with van der Waals surface area (Å²) in [5, 5.41) is 0. The van der Waals surface area contributed by atoms with Crippen molar-refractivity contribution in [3.05, 3.63) is 89.0 Å². The molecule has 0 amide bonds. The molecule has 0 unspecified atom stereocenters. The lowest BCUT2D eigenvalue weighted by molar-refractivity contribution is 0.0473. The number of aromatic amines is 1. The van der Waals surface area contributed by atoms with Gasteiger partial charge in [0.25, 0.3) is 0 Å². The average molecular weight is 316 g/mol. The first-order valence-electron chi connectivity index (χ1n) is 7.56. The van der Waals surface area contributed by atoms with Crippen molar-refractivity contribution >= 4 is 11.7 Å². The minimum absolute atomic E-state index is 0.237. The van der Waals surface area contributed by atoms with Crippen LogP contribution in [0.5, 0.6) is 0 Å². The molecule has 1 heterocycles. The van der Waals surface area contributed by atoms with E-state index in [9.17, 15) is 4.79 Å². The number of ether oxygens (including phenoxy) is 1. The van der Waals surface area contributed by atoms with Crippen LogP contribution in [0, 0.1) is 13.5 Å². The third-order valence-electron chi connectivity index (χ3n) is 3.80. The van der Waals surface area contributed by atoms with Crippen LogP contribution in [0.2, 0.25) is 0 Å². The summed E-state index contributed by atoms with van der Waals surface area (Å²) in [4.78, 5) is 19.0. The molecular formula is C20H16N2O2. The van der Waals surface area contributed by atoms with Crippen LogP contribution in [-0.4, -0.2) is 11.0 Å². The zero-order valence-electron chi connectivity index (χ0n) is 13.2. The zero-order valence-corrected chi connectivity index (χ0v) is 13.2. The van der Waals surface area contributed by atoms with E-state index >= 15 is 0 Å². The van der Waals surface area contributed by atoms with Crippen molar-refractivity contribution in [3.63, 3.8) is 0 Å². The molecule has 0 aliphatic heterocycles. The van der Waals surface area contributed by atoms with Gasteiger partial charge < -0.3 is 9.72 Å². The fourth-order valence-corrected chi connectivity index (χ4v) is 2.53. The lowest BCUT2D eigenvalue weighted by Crippen LogP contribution is -2.07. The first-order valence-corrected chi connectivity index (χ1v) is 7.56. The van der Waals surface area contributed by atoms with Gasteiger partial charge in [-0.3, -0.25) is 0 Å². The van der Waals surface area contributed by atoms with Gasteiger partial charge in [-0.05, 0) is 18.1 Å². The van der Waals surface area contributed by atoms with Gasteiger partial charge in [0.1, 0.15) is 6.61 Å². The smallest absolute Gasteiger partial charge is 0.340 e. The molecule has 4 nitrogen and oxygen atoms in total. The Bertz CT molecular complexity index is 888. The number of aryl methyl sites for hydroxylation is 1. The molecule has 0 bridgehead atoms. The lowest BCUT2D eigenvalue weighted by atomic mass is 10.0. The van der Waals surface area contributed by atoms with Gasteiger partial charge in [0.2, 0.25) is 0 Å². The molecule has 3 aromatic rings. The molecule has 24 heavy (non-hydrogen) atoms. The molecule has 3 rings (SSSR count). The maximum atomic E-state index is 12.5. The summed E-state index contributed by atoms with van der Waals surface area (Å²) in [6, 6.07) is 16.7. The van der Waals surface area contributed by atoms with E-state index in [1.807, 2.05) is 49.4 Å². The fraction of sp³-hybridized carbons (Fsp3) is 0.100. The van der Waals surface area contributed by atoms with Crippen LogP contribution in [0.1, 0.15) is 21.6 Å². The molecule has 1 N–H and O–H groups in total. The predicted molar refractivity (Wildman–Crippen MR) is 92.8 cm³/mol. The van der Waals surface area contributed by atoms with E-state index < -0.39 is 0 Å². The van der Waals surface area contributed by atoms with Crippen molar-refractivity contribution in [3.8, 4) is 11.1 Å². The van der Waals surface area contributed by atoms with Gasteiger partial charge in [-0.15, -0.1) is 0 Å². The van der Waals surface area contributed by atoms with Gasteiger partial charge >= 0.3 is 5.97 Å². The number of nitrogens with one attached hydrogen (secondary N) is 1. The average Bonchev–Trinajstić information content (AvgIpc) is 3.02. The van der Waals surface area contributed by atoms with E-state index in [0.29, 0.717) is 11.3 Å². The predicted octanol–water partition coefficient (Wildman–Crippen LogP) is 4.90. The molecule has 0 saturated carbocycles. The number of benzene rings is 2. The largest absolute Gasteiger partial charge is 0.457 e. The van der Waals surface area contributed by atoms with Crippen molar-refractivity contribution in [2.45, 2.75) is 13.5 Å². The van der Waals surface area contributed by atoms with Crippen LogP contribution in [0.15, 0.2) is 60.8 Å². The highest BCUT2D eigenvalue weighted by Gasteiger charge is 2.19. The van der Waals surface area contributed by atoms with Crippen molar-refractivity contribution < 1.29 is 9.53 Å². The zero-order chi connectivity index (χ0) is 16.9. The standard InChI is InChI=1S/C20H16N2O2/c1-14-19(20(23)24-13-15-6-4-3-5-7-15)18(12-22-14)16-8-10-17(21-2)11-9-16/h3-12,22H,13H2,1H3. The van der Waals surface area contributed by atoms with Crippen LogP contribution in [0.25, 0.3) is 16.0 Å². The first kappa shape index (κ1) is 15.6. The number of esters is 1. The van der Waals surface area contributed by atoms with Crippen LogP contribution >= 0.6 is 0 Å². The van der Waals surface area contributed by atoms with Crippen LogP contribution in [0.3, 0.4) is 0 Å².